The van der Waals surface area contributed by atoms with Gasteiger partial charge in [-0.3, -0.25) is 0 Å². The first kappa shape index (κ1) is 15.6. The number of urea groups is 1. The first-order valence-electron chi connectivity index (χ1n) is 6.68. The van der Waals surface area contributed by atoms with Gasteiger partial charge in [0.2, 0.25) is 0 Å². The Labute approximate surface area is 120 Å². The second-order valence-electron chi connectivity index (χ2n) is 4.89. The number of hydrogen-bond acceptors (Lipinski definition) is 2. The molecule has 0 spiro atoms. The molecule has 116 valence electrons. The van der Waals surface area contributed by atoms with Crippen LogP contribution in [0.3, 0.4) is 0 Å². The van der Waals surface area contributed by atoms with Crippen molar-refractivity contribution in [1.29, 1.82) is 0 Å². The number of hydrogen-bond donors (Lipinski definition) is 1. The Morgan fingerprint density at radius 2 is 2.00 bits per heavy atom. The fraction of sp³-hybridized carbons (Fsp3) is 0.500. The second-order valence-corrected chi connectivity index (χ2v) is 4.89. The molecule has 1 fully saturated rings. The summed E-state index contributed by atoms with van der Waals surface area (Å²) in [6, 6.07) is 4.20. The van der Waals surface area contributed by atoms with Crippen LogP contribution in [0.2, 0.25) is 0 Å². The largest absolute Gasteiger partial charge is 0.416 e. The molecule has 1 aliphatic rings. The Balaban J connectivity index is 2.02. The van der Waals surface area contributed by atoms with Gasteiger partial charge in [0, 0.05) is 13.1 Å². The summed E-state index contributed by atoms with van der Waals surface area (Å²) in [5, 5.41) is 2.71. The van der Waals surface area contributed by atoms with Crippen LogP contribution in [0.25, 0.3) is 0 Å². The molecule has 0 bridgehead atoms. The van der Waals surface area contributed by atoms with Crippen LogP contribution >= 0.6 is 0 Å². The molecule has 21 heavy (non-hydrogen) atoms. The standard InChI is InChI=1S/C14H17F3N2O2/c1-10(18-13(20)19-5-7-21-8-6-19)11-3-2-4-12(9-11)14(15,16)17/h2-4,9-10H,5-8H2,1H3,(H,18,20). The molecule has 1 N–H and O–H groups in total. The van der Waals surface area contributed by atoms with Crippen LogP contribution in [-0.2, 0) is 10.9 Å². The maximum Gasteiger partial charge on any atom is 0.416 e. The van der Waals surface area contributed by atoms with E-state index in [-0.39, 0.29) is 6.03 Å². The molecule has 1 atom stereocenters. The number of benzene rings is 1. The average molecular weight is 302 g/mol. The molecule has 0 aliphatic carbocycles. The minimum absolute atomic E-state index is 0.289. The van der Waals surface area contributed by atoms with Gasteiger partial charge in [-0.25, -0.2) is 4.79 Å². The lowest BCUT2D eigenvalue weighted by atomic mass is 10.1. The molecule has 1 aliphatic heterocycles. The van der Waals surface area contributed by atoms with Gasteiger partial charge in [-0.05, 0) is 24.6 Å². The number of amides is 2. The van der Waals surface area contributed by atoms with E-state index < -0.39 is 17.8 Å². The minimum atomic E-state index is -4.38. The number of carbonyl (C=O) groups excluding carboxylic acids is 1. The molecular formula is C14H17F3N2O2. The summed E-state index contributed by atoms with van der Waals surface area (Å²) in [6.45, 7) is 3.59. The Hall–Kier alpha value is -1.76. The first-order valence-corrected chi connectivity index (χ1v) is 6.68. The Kier molecular flexibility index (Phi) is 4.72. The van der Waals surface area contributed by atoms with Crippen LogP contribution in [0.15, 0.2) is 24.3 Å². The summed E-state index contributed by atoms with van der Waals surface area (Å²) in [7, 11) is 0. The van der Waals surface area contributed by atoms with E-state index in [1.165, 1.54) is 6.07 Å². The summed E-state index contributed by atoms with van der Waals surface area (Å²) < 4.78 is 43.2. The first-order chi connectivity index (χ1) is 9.88. The van der Waals surface area contributed by atoms with Crippen molar-refractivity contribution in [3.05, 3.63) is 35.4 Å². The predicted octanol–water partition coefficient (Wildman–Crippen LogP) is 2.81. The minimum Gasteiger partial charge on any atom is -0.378 e. The highest BCUT2D eigenvalue weighted by molar-refractivity contribution is 5.74. The van der Waals surface area contributed by atoms with E-state index in [4.69, 9.17) is 4.74 Å². The third kappa shape index (κ3) is 4.10. The zero-order valence-electron chi connectivity index (χ0n) is 11.6. The summed E-state index contributed by atoms with van der Waals surface area (Å²) in [6.07, 6.45) is -4.38. The van der Waals surface area contributed by atoms with Gasteiger partial charge in [-0.2, -0.15) is 13.2 Å². The zero-order valence-corrected chi connectivity index (χ0v) is 11.6. The van der Waals surface area contributed by atoms with Gasteiger partial charge in [0.15, 0.2) is 0 Å². The second kappa shape index (κ2) is 6.34. The van der Waals surface area contributed by atoms with Gasteiger partial charge < -0.3 is 15.0 Å². The molecule has 0 aromatic heterocycles. The average Bonchev–Trinajstić information content (AvgIpc) is 2.47. The van der Waals surface area contributed by atoms with Crippen molar-refractivity contribution in [2.45, 2.75) is 19.1 Å². The summed E-state index contributed by atoms with van der Waals surface area (Å²) in [5.41, 5.74) is -0.293. The van der Waals surface area contributed by atoms with Crippen molar-refractivity contribution in [2.24, 2.45) is 0 Å². The summed E-state index contributed by atoms with van der Waals surface area (Å²) in [4.78, 5) is 13.6. The van der Waals surface area contributed by atoms with Crippen molar-refractivity contribution in [3.8, 4) is 0 Å². The Bertz CT molecular complexity index is 499. The molecule has 2 amide bonds. The molecule has 1 unspecified atom stereocenters. The lowest BCUT2D eigenvalue weighted by molar-refractivity contribution is -0.137. The number of carbonyl (C=O) groups is 1. The van der Waals surface area contributed by atoms with Gasteiger partial charge in [-0.1, -0.05) is 12.1 Å². The number of halogens is 3. The topological polar surface area (TPSA) is 41.6 Å². The van der Waals surface area contributed by atoms with Crippen LogP contribution in [-0.4, -0.2) is 37.2 Å². The lowest BCUT2D eigenvalue weighted by Gasteiger charge is -2.28. The SMILES string of the molecule is CC(NC(=O)N1CCOCC1)c1cccc(C(F)(F)F)c1. The van der Waals surface area contributed by atoms with E-state index in [2.05, 4.69) is 5.32 Å². The van der Waals surface area contributed by atoms with Crippen molar-refractivity contribution < 1.29 is 22.7 Å². The maximum absolute atomic E-state index is 12.7. The van der Waals surface area contributed by atoms with Crippen LogP contribution in [0.1, 0.15) is 24.1 Å². The molecular weight excluding hydrogens is 285 g/mol. The van der Waals surface area contributed by atoms with Gasteiger partial charge in [-0.15, -0.1) is 0 Å². The van der Waals surface area contributed by atoms with E-state index >= 15 is 0 Å². The molecule has 0 radical (unpaired) electrons. The molecule has 0 saturated carbocycles. The van der Waals surface area contributed by atoms with E-state index in [1.54, 1.807) is 17.9 Å². The van der Waals surface area contributed by atoms with Crippen LogP contribution in [0, 0.1) is 0 Å². The molecule has 4 nitrogen and oxygen atoms in total. The Morgan fingerprint density at radius 3 is 2.62 bits per heavy atom. The van der Waals surface area contributed by atoms with E-state index in [0.717, 1.165) is 12.1 Å². The molecule has 1 saturated heterocycles. The predicted molar refractivity (Wildman–Crippen MR) is 70.8 cm³/mol. The number of nitrogens with one attached hydrogen (secondary N) is 1. The fourth-order valence-electron chi connectivity index (χ4n) is 2.11. The number of morpholine rings is 1. The van der Waals surface area contributed by atoms with Crippen LogP contribution in [0.4, 0.5) is 18.0 Å². The highest BCUT2D eigenvalue weighted by Gasteiger charge is 2.31. The summed E-state index contributed by atoms with van der Waals surface area (Å²) in [5.74, 6) is 0. The quantitative estimate of drug-likeness (QED) is 0.912. The van der Waals surface area contributed by atoms with Crippen LogP contribution < -0.4 is 5.32 Å². The van der Waals surface area contributed by atoms with Gasteiger partial charge in [0.1, 0.15) is 0 Å². The molecule has 1 aromatic carbocycles. The molecule has 1 aromatic rings. The number of alkyl halides is 3. The van der Waals surface area contributed by atoms with Gasteiger partial charge in [0.05, 0.1) is 24.8 Å². The van der Waals surface area contributed by atoms with Crippen molar-refractivity contribution in [1.82, 2.24) is 10.2 Å². The monoisotopic (exact) mass is 302 g/mol. The number of rotatable bonds is 2. The molecule has 7 heteroatoms. The highest BCUT2D eigenvalue weighted by atomic mass is 19.4. The zero-order chi connectivity index (χ0) is 15.5. The van der Waals surface area contributed by atoms with Crippen molar-refractivity contribution in [3.63, 3.8) is 0 Å². The molecule has 2 rings (SSSR count). The van der Waals surface area contributed by atoms with Crippen molar-refractivity contribution >= 4 is 6.03 Å². The molecule has 1 heterocycles. The third-order valence-electron chi connectivity index (χ3n) is 3.35. The Morgan fingerprint density at radius 1 is 1.33 bits per heavy atom. The lowest BCUT2D eigenvalue weighted by Crippen LogP contribution is -2.46. The van der Waals surface area contributed by atoms with Crippen molar-refractivity contribution in [2.75, 3.05) is 26.3 Å². The number of ether oxygens (including phenoxy) is 1. The van der Waals surface area contributed by atoms with E-state index in [9.17, 15) is 18.0 Å². The van der Waals surface area contributed by atoms with Gasteiger partial charge >= 0.3 is 12.2 Å². The van der Waals surface area contributed by atoms with Gasteiger partial charge in [0.25, 0.3) is 0 Å². The smallest absolute Gasteiger partial charge is 0.378 e. The maximum atomic E-state index is 12.7. The normalized spacial score (nSPS) is 17.4. The third-order valence-corrected chi connectivity index (χ3v) is 3.35. The fourth-order valence-corrected chi connectivity index (χ4v) is 2.11. The highest BCUT2D eigenvalue weighted by Crippen LogP contribution is 2.30. The van der Waals surface area contributed by atoms with E-state index in [0.29, 0.717) is 31.9 Å². The summed E-state index contributed by atoms with van der Waals surface area (Å²) >= 11 is 0. The van der Waals surface area contributed by atoms with E-state index in [1.807, 2.05) is 0 Å². The van der Waals surface area contributed by atoms with Crippen LogP contribution in [0.5, 0.6) is 0 Å². The number of nitrogens with zero attached hydrogens (tertiary/aromatic N) is 1.